The topological polar surface area (TPSA) is 71.5 Å². The first-order chi connectivity index (χ1) is 16.6. The van der Waals surface area contributed by atoms with Crippen LogP contribution in [0.4, 0.5) is 0 Å². The van der Waals surface area contributed by atoms with E-state index in [-0.39, 0.29) is 10.8 Å². The molecule has 4 rings (SSSR count). The Morgan fingerprint density at radius 3 is 2.41 bits per heavy atom. The number of aromatic hydroxyl groups is 1. The minimum Gasteiger partial charge on any atom is -0.493 e. The van der Waals surface area contributed by atoms with Crippen molar-refractivity contribution in [3.63, 3.8) is 0 Å². The van der Waals surface area contributed by atoms with Crippen LogP contribution in [-0.2, 0) is 12.8 Å². The Morgan fingerprint density at radius 1 is 0.912 bits per heavy atom. The van der Waals surface area contributed by atoms with Crippen molar-refractivity contribution in [2.24, 2.45) is 0 Å². The first-order valence-corrected chi connectivity index (χ1v) is 12.4. The van der Waals surface area contributed by atoms with Gasteiger partial charge in [-0.1, -0.05) is 67.1 Å². The van der Waals surface area contributed by atoms with E-state index in [1.807, 2.05) is 66.7 Å². The molecule has 0 amide bonds. The average molecular weight is 476 g/mol. The Balaban J connectivity index is 1.27. The van der Waals surface area contributed by atoms with E-state index in [1.165, 1.54) is 11.1 Å². The van der Waals surface area contributed by atoms with Crippen molar-refractivity contribution in [3.8, 4) is 33.6 Å². The predicted octanol–water partition coefficient (Wildman–Crippen LogP) is 6.96. The van der Waals surface area contributed by atoms with E-state index in [4.69, 9.17) is 9.47 Å². The third-order valence-electron chi connectivity index (χ3n) is 5.49. The van der Waals surface area contributed by atoms with E-state index in [1.54, 1.807) is 0 Å². The summed E-state index contributed by atoms with van der Waals surface area (Å²) in [7, 11) is 0. The molecule has 0 bridgehead atoms. The maximum absolute atomic E-state index is 11.4. The molecule has 0 saturated heterocycles. The number of aromatic nitrogens is 1. The molecule has 1 aromatic heterocycles. The largest absolute Gasteiger partial charge is 0.493 e. The zero-order valence-corrected chi connectivity index (χ0v) is 20.1. The number of unbranched alkanes of at least 4 members (excludes halogenated alkanes) is 1. The minimum atomic E-state index is -0.253. The number of ether oxygens (including phenoxy) is 2. The molecule has 4 aromatic rings. The zero-order chi connectivity index (χ0) is 23.8. The molecule has 0 spiro atoms. The van der Waals surface area contributed by atoms with Crippen molar-refractivity contribution in [1.82, 2.24) is 4.98 Å². The summed E-state index contributed by atoms with van der Waals surface area (Å²) in [6.45, 7) is 2.83. The third kappa shape index (κ3) is 6.29. The van der Waals surface area contributed by atoms with Gasteiger partial charge in [-0.25, -0.2) is 0 Å². The molecule has 0 atom stereocenters. The molecule has 0 radical (unpaired) electrons. The fraction of sp³-hybridized carbons (Fsp3) is 0.250. The van der Waals surface area contributed by atoms with Crippen LogP contribution in [0, 0.1) is 0 Å². The number of hydrogen-bond donors (Lipinski definition) is 2. The summed E-state index contributed by atoms with van der Waals surface area (Å²) in [5.41, 5.74) is 3.23. The van der Waals surface area contributed by atoms with Crippen molar-refractivity contribution in [2.45, 2.75) is 39.0 Å². The molecule has 3 aromatic carbocycles. The molecule has 0 aliphatic heterocycles. The van der Waals surface area contributed by atoms with Crippen LogP contribution >= 0.6 is 11.3 Å². The summed E-state index contributed by atoms with van der Waals surface area (Å²) < 4.78 is 12.1. The molecule has 6 heteroatoms. The zero-order valence-electron chi connectivity index (χ0n) is 19.3. The molecule has 34 heavy (non-hydrogen) atoms. The first-order valence-electron chi connectivity index (χ1n) is 11.6. The molecule has 0 saturated carbocycles. The molecule has 0 fully saturated rings. The number of H-pyrrole nitrogens is 1. The van der Waals surface area contributed by atoms with E-state index in [9.17, 15) is 9.90 Å². The lowest BCUT2D eigenvalue weighted by atomic mass is 10.1. The number of aryl methyl sites for hydroxylation is 2. The third-order valence-corrected chi connectivity index (χ3v) is 6.41. The summed E-state index contributed by atoms with van der Waals surface area (Å²) in [4.78, 5) is 14.1. The molecule has 2 N–H and O–H groups in total. The predicted molar refractivity (Wildman–Crippen MR) is 137 cm³/mol. The van der Waals surface area contributed by atoms with Gasteiger partial charge in [0.05, 0.1) is 11.5 Å². The van der Waals surface area contributed by atoms with Crippen LogP contribution in [0.25, 0.3) is 10.4 Å². The molecule has 0 aliphatic rings. The van der Waals surface area contributed by atoms with E-state index in [0.717, 1.165) is 66.3 Å². The van der Waals surface area contributed by atoms with Crippen LogP contribution < -0.4 is 14.3 Å². The number of thiazole rings is 1. The number of aromatic amines is 1. The van der Waals surface area contributed by atoms with Crippen molar-refractivity contribution in [2.75, 3.05) is 6.61 Å². The Morgan fingerprint density at radius 2 is 1.71 bits per heavy atom. The summed E-state index contributed by atoms with van der Waals surface area (Å²) in [5.74, 6) is 2.51. The molecule has 0 unspecified atom stereocenters. The van der Waals surface area contributed by atoms with E-state index in [2.05, 4.69) is 18.0 Å². The Labute approximate surface area is 203 Å². The highest BCUT2D eigenvalue weighted by molar-refractivity contribution is 7.13. The van der Waals surface area contributed by atoms with Crippen LogP contribution in [0.3, 0.4) is 0 Å². The van der Waals surface area contributed by atoms with Crippen LogP contribution in [0.15, 0.2) is 77.6 Å². The number of hydrogen-bond acceptors (Lipinski definition) is 5. The summed E-state index contributed by atoms with van der Waals surface area (Å²) >= 11 is 1.02. The van der Waals surface area contributed by atoms with Gasteiger partial charge in [0.25, 0.3) is 0 Å². The highest BCUT2D eigenvalue weighted by Crippen LogP contribution is 2.31. The highest BCUT2D eigenvalue weighted by Gasteiger charge is 2.09. The van der Waals surface area contributed by atoms with Gasteiger partial charge in [0, 0.05) is 0 Å². The number of benzene rings is 3. The van der Waals surface area contributed by atoms with Gasteiger partial charge in [0.15, 0.2) is 0 Å². The SMILES string of the molecule is CCCc1cc(Oc2ccccc2)ccc1OCCCCc1ccc(-c2sc(=O)[nH]c2O)cc1. The number of nitrogens with one attached hydrogen (secondary N) is 1. The molecule has 1 heterocycles. The molecule has 5 nitrogen and oxygen atoms in total. The fourth-order valence-electron chi connectivity index (χ4n) is 3.80. The smallest absolute Gasteiger partial charge is 0.307 e. The van der Waals surface area contributed by atoms with Crippen molar-refractivity contribution >= 4 is 11.3 Å². The highest BCUT2D eigenvalue weighted by atomic mass is 32.1. The minimum absolute atomic E-state index is 0.0676. The van der Waals surface area contributed by atoms with Gasteiger partial charge in [-0.15, -0.1) is 0 Å². The maximum atomic E-state index is 11.4. The first kappa shape index (κ1) is 23.6. The lowest BCUT2D eigenvalue weighted by Crippen LogP contribution is -2.01. The maximum Gasteiger partial charge on any atom is 0.307 e. The molecule has 176 valence electrons. The van der Waals surface area contributed by atoms with Crippen LogP contribution in [0.5, 0.6) is 23.1 Å². The van der Waals surface area contributed by atoms with Crippen molar-refractivity contribution < 1.29 is 14.6 Å². The van der Waals surface area contributed by atoms with Gasteiger partial charge in [-0.05, 0) is 72.7 Å². The number of rotatable bonds is 11. The quantitative estimate of drug-likeness (QED) is 0.230. The van der Waals surface area contributed by atoms with Crippen molar-refractivity contribution in [1.29, 1.82) is 0 Å². The van der Waals surface area contributed by atoms with E-state index in [0.29, 0.717) is 11.5 Å². The summed E-state index contributed by atoms with van der Waals surface area (Å²) in [6.07, 6.45) is 4.90. The van der Waals surface area contributed by atoms with Gasteiger partial charge in [0.1, 0.15) is 17.2 Å². The monoisotopic (exact) mass is 475 g/mol. The lowest BCUT2D eigenvalue weighted by molar-refractivity contribution is 0.303. The van der Waals surface area contributed by atoms with Gasteiger partial charge < -0.3 is 14.6 Å². The van der Waals surface area contributed by atoms with Crippen LogP contribution in [0.1, 0.15) is 37.3 Å². The average Bonchev–Trinajstić information content (AvgIpc) is 3.19. The normalized spacial score (nSPS) is 10.9. The second kappa shape index (κ2) is 11.6. The Bertz CT molecular complexity index is 1250. The second-order valence-electron chi connectivity index (χ2n) is 8.13. The Kier molecular flexibility index (Phi) is 8.04. The van der Waals surface area contributed by atoms with Gasteiger partial charge in [-0.2, -0.15) is 0 Å². The van der Waals surface area contributed by atoms with Crippen molar-refractivity contribution in [3.05, 3.63) is 93.6 Å². The lowest BCUT2D eigenvalue weighted by Gasteiger charge is -2.13. The van der Waals surface area contributed by atoms with Gasteiger partial charge in [0.2, 0.25) is 5.88 Å². The Hall–Kier alpha value is -3.51. The summed E-state index contributed by atoms with van der Waals surface area (Å²) in [6, 6.07) is 23.8. The van der Waals surface area contributed by atoms with Gasteiger partial charge in [-0.3, -0.25) is 9.78 Å². The second-order valence-corrected chi connectivity index (χ2v) is 9.11. The standard InChI is InChI=1S/C28H29NO4S/c1-2-8-22-19-24(33-23-10-4-3-5-11-23)16-17-25(22)32-18-7-6-9-20-12-14-21(15-13-20)26-27(30)29-28(31)34-26/h3-5,10-17,19,30H,2,6-9,18H2,1H3,(H,29,31). The van der Waals surface area contributed by atoms with E-state index >= 15 is 0 Å². The molecular weight excluding hydrogens is 446 g/mol. The van der Waals surface area contributed by atoms with Gasteiger partial charge >= 0.3 is 4.87 Å². The van der Waals surface area contributed by atoms with E-state index < -0.39 is 0 Å². The van der Waals surface area contributed by atoms with Crippen LogP contribution in [-0.4, -0.2) is 16.7 Å². The molecular formula is C28H29NO4S. The summed E-state index contributed by atoms with van der Waals surface area (Å²) in [5, 5.41) is 9.82. The van der Waals surface area contributed by atoms with Crippen LogP contribution in [0.2, 0.25) is 0 Å². The fourth-order valence-corrected chi connectivity index (χ4v) is 4.54. The number of para-hydroxylation sites is 1. The molecule has 0 aliphatic carbocycles.